The number of aromatic carboxylic acids is 1. The smallest absolute Gasteiger partial charge is 0.373 e. The van der Waals surface area contributed by atoms with Crippen molar-refractivity contribution in [1.29, 1.82) is 0 Å². The van der Waals surface area contributed by atoms with Crippen molar-refractivity contribution in [3.63, 3.8) is 0 Å². The van der Waals surface area contributed by atoms with E-state index in [1.165, 1.54) is 6.92 Å². The van der Waals surface area contributed by atoms with E-state index in [2.05, 4.69) is 9.40 Å². The second-order valence-electron chi connectivity index (χ2n) is 1.77. The molecule has 5 heteroatoms. The molecule has 1 heterocycles. The molecule has 1 aromatic heterocycles. The van der Waals surface area contributed by atoms with Crippen molar-refractivity contribution in [3.05, 3.63) is 11.5 Å². The average molecular weight is 137 g/mol. The molecule has 4 nitrogen and oxygen atoms in total. The number of carbonyl (C=O) groups is 1. The Hall–Kier alpha value is -1.26. The fourth-order valence-corrected chi connectivity index (χ4v) is 0.616. The molecule has 0 aliphatic heterocycles. The number of carboxylic acid groups (broad SMARTS) is 1. The van der Waals surface area contributed by atoms with E-state index < -0.39 is 5.97 Å². The molecule has 0 bridgehead atoms. The Labute approximate surface area is 58.3 Å². The van der Waals surface area contributed by atoms with Gasteiger partial charge in [-0.25, -0.2) is 9.78 Å². The zero-order chi connectivity index (χ0) is 7.72. The van der Waals surface area contributed by atoms with E-state index in [9.17, 15) is 4.79 Å². The van der Waals surface area contributed by atoms with Crippen LogP contribution in [0.4, 0.5) is 0 Å². The van der Waals surface area contributed by atoms with E-state index in [0.717, 1.165) is 0 Å². The lowest BCUT2D eigenvalue weighted by atomic mass is 10.2. The summed E-state index contributed by atoms with van der Waals surface area (Å²) in [5.74, 6) is -1.46. The van der Waals surface area contributed by atoms with Gasteiger partial charge < -0.3 is 9.52 Å². The molecule has 1 aromatic rings. The van der Waals surface area contributed by atoms with E-state index in [1.54, 1.807) is 0 Å². The molecule has 10 heavy (non-hydrogen) atoms. The van der Waals surface area contributed by atoms with Crippen LogP contribution in [0.2, 0.25) is 0 Å². The maximum atomic E-state index is 10.2. The summed E-state index contributed by atoms with van der Waals surface area (Å²) in [7, 11) is 5.08. The number of aryl methyl sites for hydroxylation is 1. The minimum Gasteiger partial charge on any atom is -0.475 e. The van der Waals surface area contributed by atoms with E-state index in [4.69, 9.17) is 13.0 Å². The highest BCUT2D eigenvalue weighted by Gasteiger charge is 2.12. The quantitative estimate of drug-likeness (QED) is 0.528. The molecule has 0 fully saturated rings. The summed E-state index contributed by atoms with van der Waals surface area (Å²) in [5, 5.41) is 8.39. The summed E-state index contributed by atoms with van der Waals surface area (Å²) < 4.78 is 4.54. The SMILES string of the molecule is [B]c1nc(C)c(C(=O)O)o1. The molecule has 0 saturated heterocycles. The fourth-order valence-electron chi connectivity index (χ4n) is 0.616. The third-order valence-electron chi connectivity index (χ3n) is 1.01. The van der Waals surface area contributed by atoms with Gasteiger partial charge in [0.1, 0.15) is 5.79 Å². The van der Waals surface area contributed by atoms with Crippen molar-refractivity contribution in [2.45, 2.75) is 6.92 Å². The molecule has 2 radical (unpaired) electrons. The van der Waals surface area contributed by atoms with Crippen LogP contribution in [0.1, 0.15) is 16.2 Å². The van der Waals surface area contributed by atoms with Gasteiger partial charge in [0.2, 0.25) is 5.76 Å². The zero-order valence-electron chi connectivity index (χ0n) is 5.29. The summed E-state index contributed by atoms with van der Waals surface area (Å²) in [6.45, 7) is 1.52. The van der Waals surface area contributed by atoms with Gasteiger partial charge in [0.15, 0.2) is 7.85 Å². The minimum atomic E-state index is -1.15. The first kappa shape index (κ1) is 6.86. The van der Waals surface area contributed by atoms with E-state index >= 15 is 0 Å². The molecule has 0 amide bonds. The molecule has 0 saturated carbocycles. The average Bonchev–Trinajstić information content (AvgIpc) is 2.10. The predicted molar refractivity (Wildman–Crippen MR) is 33.6 cm³/mol. The highest BCUT2D eigenvalue weighted by Crippen LogP contribution is 2.01. The minimum absolute atomic E-state index is 0.116. The van der Waals surface area contributed by atoms with E-state index in [0.29, 0.717) is 5.69 Å². The topological polar surface area (TPSA) is 63.3 Å². The lowest BCUT2D eigenvalue weighted by molar-refractivity contribution is 0.0663. The van der Waals surface area contributed by atoms with Crippen LogP contribution in [-0.4, -0.2) is 23.9 Å². The highest BCUT2D eigenvalue weighted by atomic mass is 16.4. The van der Waals surface area contributed by atoms with Gasteiger partial charge in [-0.2, -0.15) is 0 Å². The molecular formula is C5H4BNO3. The summed E-state index contributed by atoms with van der Waals surface area (Å²) in [6.07, 6.45) is 0. The molecule has 0 aliphatic rings. The van der Waals surface area contributed by atoms with Gasteiger partial charge in [-0.05, 0) is 6.92 Å². The first-order chi connectivity index (χ1) is 4.61. The Morgan fingerprint density at radius 2 is 2.40 bits per heavy atom. The van der Waals surface area contributed by atoms with Crippen molar-refractivity contribution in [2.75, 3.05) is 0 Å². The standard InChI is InChI=1S/C5H4BNO3/c1-2-3(4(8)9)10-5(6)7-2/h1H3,(H,8,9). The monoisotopic (exact) mass is 137 g/mol. The van der Waals surface area contributed by atoms with Crippen LogP contribution in [0.25, 0.3) is 0 Å². The second-order valence-corrected chi connectivity index (χ2v) is 1.77. The van der Waals surface area contributed by atoms with Crippen molar-refractivity contribution < 1.29 is 14.3 Å². The fraction of sp³-hybridized carbons (Fsp3) is 0.200. The summed E-state index contributed by atoms with van der Waals surface area (Å²) in [5.41, 5.74) is 0.296. The van der Waals surface area contributed by atoms with Gasteiger partial charge >= 0.3 is 5.97 Å². The summed E-state index contributed by atoms with van der Waals surface area (Å²) >= 11 is 0. The molecule has 0 spiro atoms. The number of rotatable bonds is 1. The van der Waals surface area contributed by atoms with Crippen LogP contribution in [-0.2, 0) is 0 Å². The van der Waals surface area contributed by atoms with Crippen molar-refractivity contribution in [2.24, 2.45) is 0 Å². The van der Waals surface area contributed by atoms with Crippen LogP contribution < -0.4 is 5.79 Å². The third-order valence-corrected chi connectivity index (χ3v) is 1.01. The van der Waals surface area contributed by atoms with Crippen molar-refractivity contribution in [3.8, 4) is 0 Å². The van der Waals surface area contributed by atoms with Crippen molar-refractivity contribution >= 4 is 19.6 Å². The number of aromatic nitrogens is 1. The number of nitrogens with zero attached hydrogens (tertiary/aromatic N) is 1. The zero-order valence-corrected chi connectivity index (χ0v) is 5.29. The number of carboxylic acids is 1. The maximum absolute atomic E-state index is 10.2. The lowest BCUT2D eigenvalue weighted by Crippen LogP contribution is -2.00. The van der Waals surface area contributed by atoms with Crippen LogP contribution in [0.3, 0.4) is 0 Å². The van der Waals surface area contributed by atoms with Crippen LogP contribution in [0.15, 0.2) is 4.42 Å². The molecular weight excluding hydrogens is 133 g/mol. The van der Waals surface area contributed by atoms with Gasteiger partial charge in [-0.3, -0.25) is 0 Å². The number of oxazole rings is 1. The lowest BCUT2D eigenvalue weighted by Gasteiger charge is -1.84. The van der Waals surface area contributed by atoms with Crippen molar-refractivity contribution in [1.82, 2.24) is 4.98 Å². The maximum Gasteiger partial charge on any atom is 0.373 e. The Morgan fingerprint density at radius 3 is 2.60 bits per heavy atom. The van der Waals surface area contributed by atoms with Crippen LogP contribution in [0, 0.1) is 6.92 Å². The Morgan fingerprint density at radius 1 is 1.80 bits per heavy atom. The van der Waals surface area contributed by atoms with Gasteiger partial charge in [0, 0.05) is 0 Å². The van der Waals surface area contributed by atoms with E-state index in [-0.39, 0.29) is 11.6 Å². The van der Waals surface area contributed by atoms with Crippen LogP contribution >= 0.6 is 0 Å². The first-order valence-electron chi connectivity index (χ1n) is 2.57. The van der Waals surface area contributed by atoms with Gasteiger partial charge in [-0.15, -0.1) is 0 Å². The molecule has 0 atom stereocenters. The molecule has 0 aromatic carbocycles. The first-order valence-corrected chi connectivity index (χ1v) is 2.57. The van der Waals surface area contributed by atoms with Gasteiger partial charge in [0.25, 0.3) is 0 Å². The summed E-state index contributed by atoms with van der Waals surface area (Å²) in [6, 6.07) is 0. The van der Waals surface area contributed by atoms with Gasteiger partial charge in [0.05, 0.1) is 5.69 Å². The molecule has 50 valence electrons. The third kappa shape index (κ3) is 1.02. The Bertz CT molecular complexity index is 268. The summed E-state index contributed by atoms with van der Waals surface area (Å²) in [4.78, 5) is 13.8. The predicted octanol–water partition coefficient (Wildman–Crippen LogP) is -0.525. The second kappa shape index (κ2) is 2.17. The number of hydrogen-bond acceptors (Lipinski definition) is 3. The molecule has 0 aliphatic carbocycles. The van der Waals surface area contributed by atoms with Crippen LogP contribution in [0.5, 0.6) is 0 Å². The molecule has 0 unspecified atom stereocenters. The molecule has 1 N–H and O–H groups in total. The normalized spacial score (nSPS) is 9.70. The Kier molecular flexibility index (Phi) is 1.49. The largest absolute Gasteiger partial charge is 0.475 e. The molecule has 1 rings (SSSR count). The number of hydrogen-bond donors (Lipinski definition) is 1. The van der Waals surface area contributed by atoms with E-state index in [1.807, 2.05) is 0 Å². The van der Waals surface area contributed by atoms with Gasteiger partial charge in [-0.1, -0.05) is 0 Å². The Balaban J connectivity index is 3.15. The highest BCUT2D eigenvalue weighted by molar-refractivity contribution is 6.28.